The van der Waals surface area contributed by atoms with E-state index in [-0.39, 0.29) is 37.5 Å². The van der Waals surface area contributed by atoms with Gasteiger partial charge in [0.1, 0.15) is 42.7 Å². The van der Waals surface area contributed by atoms with Crippen LogP contribution in [0.25, 0.3) is 10.4 Å². The molecule has 3 heterocycles. The maximum atomic E-state index is 13.7. The van der Waals surface area contributed by atoms with Crippen molar-refractivity contribution in [3.63, 3.8) is 0 Å². The summed E-state index contributed by atoms with van der Waals surface area (Å²) >= 11 is 0. The molecule has 2 amide bonds. The van der Waals surface area contributed by atoms with Crippen molar-refractivity contribution in [1.82, 2.24) is 9.96 Å². The smallest absolute Gasteiger partial charge is 0.294 e. The number of benzene rings is 3. The summed E-state index contributed by atoms with van der Waals surface area (Å²) in [6, 6.07) is 17.2. The summed E-state index contributed by atoms with van der Waals surface area (Å²) in [4.78, 5) is 41.3. The third-order valence-corrected chi connectivity index (χ3v) is 9.48. The van der Waals surface area contributed by atoms with Gasteiger partial charge in [-0.3, -0.25) is 14.4 Å². The number of ether oxygens (including phenoxy) is 4. The second-order valence-electron chi connectivity index (χ2n) is 13.1. The highest BCUT2D eigenvalue weighted by Gasteiger charge is 2.56. The monoisotopic (exact) mass is 746 g/mol. The standard InChI is InChI=1S/C40H38N6O9/c1-23(47)37-32-18-26(38(46(32)39(37)49)40(50)45(2)54-22-24-6-9-27(10-7-24)43-44-41)5-4-16-52-33-15-8-25(17-36(33)51-3)21-53-29-12-14-31-35(20-29)55-34-19-28(48)11-13-30(34)42-31/h4-15,17,19-20,23,28,32,37,47-48H,16,18,21-22H2,1-3H3/b5-4+/t23-,28?,32-,37-/m1/s1. The molecular weight excluding hydrogens is 708 g/mol. The van der Waals surface area contributed by atoms with Crippen LogP contribution >= 0.6 is 0 Å². The minimum Gasteiger partial charge on any atom is -0.493 e. The number of amides is 2. The van der Waals surface area contributed by atoms with Gasteiger partial charge in [-0.25, -0.2) is 10.1 Å². The van der Waals surface area contributed by atoms with Crippen molar-refractivity contribution in [2.24, 2.45) is 16.0 Å². The van der Waals surface area contributed by atoms with E-state index in [1.807, 2.05) is 24.3 Å². The van der Waals surface area contributed by atoms with Crippen molar-refractivity contribution in [1.29, 1.82) is 0 Å². The summed E-state index contributed by atoms with van der Waals surface area (Å²) in [5.74, 6) is 1.17. The molecule has 1 fully saturated rings. The molecular formula is C40H38N6O9. The molecule has 0 bridgehead atoms. The van der Waals surface area contributed by atoms with Crippen LogP contribution in [-0.4, -0.2) is 76.7 Å². The van der Waals surface area contributed by atoms with Crippen LogP contribution < -0.4 is 18.9 Å². The maximum absolute atomic E-state index is 13.7. The lowest BCUT2D eigenvalue weighted by molar-refractivity contribution is -0.183. The Morgan fingerprint density at radius 2 is 1.93 bits per heavy atom. The highest BCUT2D eigenvalue weighted by atomic mass is 16.7. The van der Waals surface area contributed by atoms with Gasteiger partial charge in [-0.2, -0.15) is 0 Å². The Hall–Kier alpha value is -6.38. The molecule has 7 rings (SSSR count). The van der Waals surface area contributed by atoms with E-state index in [0.717, 1.165) is 16.2 Å². The molecule has 55 heavy (non-hydrogen) atoms. The van der Waals surface area contributed by atoms with Crippen molar-refractivity contribution in [2.75, 3.05) is 20.8 Å². The second kappa shape index (κ2) is 15.9. The molecule has 1 saturated heterocycles. The first-order chi connectivity index (χ1) is 26.6. The summed E-state index contributed by atoms with van der Waals surface area (Å²) in [5.41, 5.74) is 12.8. The van der Waals surface area contributed by atoms with E-state index in [1.165, 1.54) is 11.9 Å². The lowest BCUT2D eigenvalue weighted by Crippen LogP contribution is -2.62. The van der Waals surface area contributed by atoms with Gasteiger partial charge >= 0.3 is 0 Å². The number of aliphatic hydroxyl groups is 2. The number of methoxy groups -OCH3 is 1. The normalized spacial score (nSPS) is 19.9. The molecule has 3 aromatic carbocycles. The maximum Gasteiger partial charge on any atom is 0.294 e. The van der Waals surface area contributed by atoms with E-state index < -0.39 is 24.0 Å². The number of aliphatic hydroxyl groups excluding tert-OH is 2. The number of hydrogen-bond acceptors (Lipinski definition) is 11. The van der Waals surface area contributed by atoms with Crippen molar-refractivity contribution in [3.05, 3.63) is 130 Å². The molecule has 0 saturated carbocycles. The third-order valence-electron chi connectivity index (χ3n) is 9.48. The van der Waals surface area contributed by atoms with E-state index in [2.05, 4.69) is 15.0 Å². The molecule has 0 spiro atoms. The number of rotatable bonds is 14. The van der Waals surface area contributed by atoms with Crippen LogP contribution in [0.3, 0.4) is 0 Å². The summed E-state index contributed by atoms with van der Waals surface area (Å²) in [6.45, 7) is 2.01. The van der Waals surface area contributed by atoms with E-state index in [4.69, 9.17) is 29.3 Å². The number of hydroxylamine groups is 2. The van der Waals surface area contributed by atoms with Crippen LogP contribution in [0.5, 0.6) is 23.0 Å². The molecule has 0 aromatic heterocycles. The first-order valence-corrected chi connectivity index (χ1v) is 17.5. The van der Waals surface area contributed by atoms with E-state index >= 15 is 0 Å². The SMILES string of the molecule is COc1cc(COc2ccc3c(c2)OC2=CC(O)C=CC2=N3)ccc1OC/C=C/C1=C(C(=O)N(C)OCc2ccc(N=[N+]=[N-])cc2)N2C(=O)[C@H]([C@@H](C)O)[C@H]2C1. The average molecular weight is 747 g/mol. The van der Waals surface area contributed by atoms with Crippen molar-refractivity contribution in [2.45, 2.75) is 44.8 Å². The average Bonchev–Trinajstić information content (AvgIpc) is 3.50. The number of fused-ring (bicyclic) bond motifs is 3. The fraction of sp³-hybridized carbons (Fsp3) is 0.275. The van der Waals surface area contributed by atoms with Crippen LogP contribution in [0.4, 0.5) is 11.4 Å². The highest BCUT2D eigenvalue weighted by Crippen LogP contribution is 2.45. The Kier molecular flexibility index (Phi) is 10.7. The van der Waals surface area contributed by atoms with Crippen molar-refractivity contribution in [3.8, 4) is 23.0 Å². The van der Waals surface area contributed by atoms with Crippen LogP contribution in [0.1, 0.15) is 24.5 Å². The Bertz CT molecular complexity index is 2200. The molecule has 3 aliphatic heterocycles. The number of β-lactam (4-membered cyclic amide) rings is 1. The van der Waals surface area contributed by atoms with Gasteiger partial charge in [0.25, 0.3) is 5.91 Å². The minimum atomic E-state index is -0.863. The predicted octanol–water partition coefficient (Wildman–Crippen LogP) is 5.89. The lowest BCUT2D eigenvalue weighted by Gasteiger charge is -2.45. The number of carbonyl (C=O) groups excluding carboxylic acids is 2. The molecule has 4 atom stereocenters. The molecule has 15 heteroatoms. The van der Waals surface area contributed by atoms with Crippen LogP contribution in [0.15, 0.2) is 118 Å². The molecule has 2 N–H and O–H groups in total. The molecule has 1 aliphatic carbocycles. The van der Waals surface area contributed by atoms with E-state index in [1.54, 1.807) is 80.8 Å². The van der Waals surface area contributed by atoms with Crippen LogP contribution in [-0.2, 0) is 27.6 Å². The number of azide groups is 1. The molecule has 0 radical (unpaired) electrons. The molecule has 4 aliphatic rings. The van der Waals surface area contributed by atoms with Crippen molar-refractivity contribution < 1.29 is 43.6 Å². The zero-order chi connectivity index (χ0) is 38.6. The quantitative estimate of drug-likeness (QED) is 0.0667. The number of hydrogen-bond donors (Lipinski definition) is 2. The van der Waals surface area contributed by atoms with Gasteiger partial charge in [0.05, 0.1) is 31.3 Å². The van der Waals surface area contributed by atoms with Gasteiger partial charge in [-0.05, 0) is 84.1 Å². The predicted molar refractivity (Wildman–Crippen MR) is 200 cm³/mol. The third kappa shape index (κ3) is 7.81. The molecule has 15 nitrogen and oxygen atoms in total. The Labute approximate surface area is 316 Å². The molecule has 3 aromatic rings. The Balaban J connectivity index is 0.982. The fourth-order valence-electron chi connectivity index (χ4n) is 6.71. The Morgan fingerprint density at radius 3 is 2.69 bits per heavy atom. The summed E-state index contributed by atoms with van der Waals surface area (Å²) in [6.07, 6.45) is 7.27. The molecule has 1 unspecified atom stereocenters. The van der Waals surface area contributed by atoms with E-state index in [0.29, 0.717) is 57.8 Å². The number of likely N-dealkylation sites (N-methyl/N-ethyl adjacent to an activating group) is 1. The van der Waals surface area contributed by atoms with Gasteiger partial charge in [-0.15, -0.1) is 0 Å². The highest BCUT2D eigenvalue weighted by molar-refractivity contribution is 6.10. The largest absolute Gasteiger partial charge is 0.493 e. The topological polar surface area (TPSA) is 188 Å². The first-order valence-electron chi connectivity index (χ1n) is 17.5. The first kappa shape index (κ1) is 37.0. The molecule has 282 valence electrons. The second-order valence-corrected chi connectivity index (χ2v) is 13.1. The van der Waals surface area contributed by atoms with Crippen LogP contribution in [0, 0.1) is 5.92 Å². The summed E-state index contributed by atoms with van der Waals surface area (Å²) in [7, 11) is 3.02. The number of aliphatic imine (C=N–C) groups is 1. The Morgan fingerprint density at radius 1 is 1.13 bits per heavy atom. The van der Waals surface area contributed by atoms with Gasteiger partial charge in [0.2, 0.25) is 5.91 Å². The summed E-state index contributed by atoms with van der Waals surface area (Å²) in [5, 5.41) is 24.8. The number of nitrogens with zero attached hydrogens (tertiary/aromatic N) is 6. The summed E-state index contributed by atoms with van der Waals surface area (Å²) < 4.78 is 23.6. The number of allylic oxidation sites excluding steroid dienone is 2. The van der Waals surface area contributed by atoms with E-state index in [9.17, 15) is 19.8 Å². The van der Waals surface area contributed by atoms with Crippen molar-refractivity contribution >= 4 is 28.9 Å². The number of carbonyl (C=O) groups is 2. The van der Waals surface area contributed by atoms with Gasteiger partial charge in [-0.1, -0.05) is 41.5 Å². The van der Waals surface area contributed by atoms with Gasteiger partial charge in [0, 0.05) is 23.7 Å². The zero-order valence-electron chi connectivity index (χ0n) is 30.2. The van der Waals surface area contributed by atoms with Gasteiger partial charge in [0.15, 0.2) is 23.0 Å². The minimum absolute atomic E-state index is 0.0634. The van der Waals surface area contributed by atoms with Crippen LogP contribution in [0.2, 0.25) is 0 Å². The lowest BCUT2D eigenvalue weighted by atomic mass is 9.83. The fourth-order valence-corrected chi connectivity index (χ4v) is 6.71. The zero-order valence-corrected chi connectivity index (χ0v) is 30.2. The van der Waals surface area contributed by atoms with Gasteiger partial charge < -0.3 is 34.1 Å².